The molecule has 5 rings (SSSR count). The van der Waals surface area contributed by atoms with Gasteiger partial charge in [0.15, 0.2) is 5.13 Å². The molecule has 0 aliphatic carbocycles. The first kappa shape index (κ1) is 25.9. The molecule has 0 radical (unpaired) electrons. The number of benzene rings is 3. The number of aliphatic hydroxyl groups excluding tert-OH is 1. The number of carbonyl (C=O) groups is 3. The molecule has 10 heteroatoms. The third kappa shape index (κ3) is 4.70. The lowest BCUT2D eigenvalue weighted by Gasteiger charge is -2.23. The van der Waals surface area contributed by atoms with Gasteiger partial charge in [0, 0.05) is 5.56 Å². The van der Waals surface area contributed by atoms with Gasteiger partial charge in [0.25, 0.3) is 5.78 Å². The zero-order valence-corrected chi connectivity index (χ0v) is 22.2. The van der Waals surface area contributed by atoms with Crippen LogP contribution < -0.4 is 14.4 Å². The summed E-state index contributed by atoms with van der Waals surface area (Å²) < 4.78 is 16.3. The van der Waals surface area contributed by atoms with Crippen molar-refractivity contribution < 1.29 is 33.7 Å². The average Bonchev–Trinajstić information content (AvgIpc) is 3.50. The molecule has 39 heavy (non-hydrogen) atoms. The van der Waals surface area contributed by atoms with Crippen LogP contribution in [-0.2, 0) is 14.3 Å². The molecule has 1 atom stereocenters. The predicted molar refractivity (Wildman–Crippen MR) is 146 cm³/mol. The van der Waals surface area contributed by atoms with E-state index in [0.29, 0.717) is 40.3 Å². The van der Waals surface area contributed by atoms with Crippen LogP contribution in [0.15, 0.2) is 72.3 Å². The summed E-state index contributed by atoms with van der Waals surface area (Å²) in [5, 5.41) is 11.6. The van der Waals surface area contributed by atoms with Gasteiger partial charge in [0.1, 0.15) is 17.3 Å². The van der Waals surface area contributed by atoms with Crippen LogP contribution in [0.2, 0.25) is 0 Å². The maximum atomic E-state index is 13.5. The topological polar surface area (TPSA) is 115 Å². The number of thiazole rings is 1. The minimum absolute atomic E-state index is 0.0909. The van der Waals surface area contributed by atoms with Crippen molar-refractivity contribution in [1.29, 1.82) is 0 Å². The monoisotopic (exact) mass is 544 g/mol. The lowest BCUT2D eigenvalue weighted by Crippen LogP contribution is -2.29. The number of rotatable bonds is 7. The first-order valence-electron chi connectivity index (χ1n) is 12.0. The third-order valence-electron chi connectivity index (χ3n) is 6.32. The van der Waals surface area contributed by atoms with Gasteiger partial charge >= 0.3 is 11.9 Å². The van der Waals surface area contributed by atoms with E-state index in [1.165, 1.54) is 23.3 Å². The molecule has 1 saturated heterocycles. The summed E-state index contributed by atoms with van der Waals surface area (Å²) in [5.41, 5.74) is 1.69. The predicted octanol–water partition coefficient (Wildman–Crippen LogP) is 5.12. The third-order valence-corrected chi connectivity index (χ3v) is 7.34. The SMILES string of the molecule is CCOc1ccc(C(O)=C2C(=O)C(=O)N(c3nc4ccc(OC)cc4s3)[C@@H]2c2ccc(C(=O)OC)cc2)cc1. The molecule has 1 aliphatic rings. The molecule has 1 fully saturated rings. The molecule has 0 saturated carbocycles. The molecule has 1 N–H and O–H groups in total. The van der Waals surface area contributed by atoms with Gasteiger partial charge in [-0.25, -0.2) is 9.78 Å². The Morgan fingerprint density at radius 1 is 0.974 bits per heavy atom. The second kappa shape index (κ2) is 10.6. The summed E-state index contributed by atoms with van der Waals surface area (Å²) >= 11 is 1.22. The number of ether oxygens (including phenoxy) is 3. The molecule has 4 aromatic rings. The van der Waals surface area contributed by atoms with E-state index in [1.54, 1.807) is 73.8 Å². The van der Waals surface area contributed by atoms with E-state index in [9.17, 15) is 19.5 Å². The van der Waals surface area contributed by atoms with Crippen molar-refractivity contribution >= 4 is 50.1 Å². The van der Waals surface area contributed by atoms with Crippen molar-refractivity contribution in [3.05, 3.63) is 89.0 Å². The Morgan fingerprint density at radius 2 is 1.64 bits per heavy atom. The van der Waals surface area contributed by atoms with Crippen molar-refractivity contribution in [2.45, 2.75) is 13.0 Å². The first-order chi connectivity index (χ1) is 18.9. The largest absolute Gasteiger partial charge is 0.507 e. The number of amides is 1. The Balaban J connectivity index is 1.67. The van der Waals surface area contributed by atoms with Crippen molar-refractivity contribution in [2.24, 2.45) is 0 Å². The van der Waals surface area contributed by atoms with Crippen LogP contribution in [0.1, 0.15) is 34.5 Å². The lowest BCUT2D eigenvalue weighted by atomic mass is 9.94. The Kier molecular flexibility index (Phi) is 7.03. The van der Waals surface area contributed by atoms with Gasteiger partial charge in [-0.1, -0.05) is 23.5 Å². The summed E-state index contributed by atoms with van der Waals surface area (Å²) in [6, 6.07) is 17.3. The van der Waals surface area contributed by atoms with E-state index >= 15 is 0 Å². The summed E-state index contributed by atoms with van der Waals surface area (Å²) in [4.78, 5) is 44.8. The highest BCUT2D eigenvalue weighted by Crippen LogP contribution is 2.44. The number of ketones is 1. The molecule has 198 valence electrons. The molecule has 0 unspecified atom stereocenters. The van der Waals surface area contributed by atoms with E-state index < -0.39 is 23.7 Å². The minimum atomic E-state index is -0.995. The lowest BCUT2D eigenvalue weighted by molar-refractivity contribution is -0.132. The fourth-order valence-electron chi connectivity index (χ4n) is 4.42. The Morgan fingerprint density at radius 3 is 2.28 bits per heavy atom. The van der Waals surface area contributed by atoms with Crippen molar-refractivity contribution in [2.75, 3.05) is 25.7 Å². The number of nitrogens with zero attached hydrogens (tertiary/aromatic N) is 2. The van der Waals surface area contributed by atoms with E-state index in [1.807, 2.05) is 6.92 Å². The van der Waals surface area contributed by atoms with Crippen LogP contribution in [0.25, 0.3) is 16.0 Å². The number of aliphatic hydroxyl groups is 1. The number of aromatic nitrogens is 1. The molecule has 1 amide bonds. The van der Waals surface area contributed by atoms with Crippen molar-refractivity contribution in [1.82, 2.24) is 4.98 Å². The highest BCUT2D eigenvalue weighted by atomic mass is 32.1. The highest BCUT2D eigenvalue weighted by molar-refractivity contribution is 7.22. The average molecular weight is 545 g/mol. The summed E-state index contributed by atoms with van der Waals surface area (Å²) in [7, 11) is 2.84. The van der Waals surface area contributed by atoms with Gasteiger partial charge in [-0.15, -0.1) is 0 Å². The van der Waals surface area contributed by atoms with Crippen molar-refractivity contribution in [3.8, 4) is 11.5 Å². The van der Waals surface area contributed by atoms with Crippen LogP contribution in [0, 0.1) is 0 Å². The molecular weight excluding hydrogens is 520 g/mol. The second-order valence-corrected chi connectivity index (χ2v) is 9.58. The number of hydrogen-bond acceptors (Lipinski definition) is 9. The summed E-state index contributed by atoms with van der Waals surface area (Å²) in [6.45, 7) is 2.34. The van der Waals surface area contributed by atoms with Gasteiger partial charge in [-0.2, -0.15) is 0 Å². The normalized spacial score (nSPS) is 16.5. The Bertz CT molecular complexity index is 1610. The number of Topliss-reactive ketones (excluding diaryl/α,β-unsaturated/α-hetero) is 1. The zero-order chi connectivity index (χ0) is 27.7. The number of anilines is 1. The number of carbonyl (C=O) groups excluding carboxylic acids is 3. The van der Waals surface area contributed by atoms with Gasteiger partial charge in [0.05, 0.1) is 48.2 Å². The van der Waals surface area contributed by atoms with E-state index in [4.69, 9.17) is 14.2 Å². The highest BCUT2D eigenvalue weighted by Gasteiger charge is 2.48. The molecule has 1 aliphatic heterocycles. The standard InChI is InChI=1S/C29H24N2O7S/c1-4-38-19-11-9-17(10-12-19)25(32)23-24(16-5-7-18(8-6-16)28(35)37-3)31(27(34)26(23)33)29-30-21-14-13-20(36-2)15-22(21)39-29/h5-15,24,32H,4H2,1-3H3/t24-/m1/s1. The van der Waals surface area contributed by atoms with Gasteiger partial charge in [-0.3, -0.25) is 14.5 Å². The van der Waals surface area contributed by atoms with Crippen LogP contribution in [0.3, 0.4) is 0 Å². The van der Waals surface area contributed by atoms with Crippen molar-refractivity contribution in [3.63, 3.8) is 0 Å². The van der Waals surface area contributed by atoms with Crippen LogP contribution >= 0.6 is 11.3 Å². The Hall–Kier alpha value is -4.70. The smallest absolute Gasteiger partial charge is 0.337 e. The second-order valence-electron chi connectivity index (χ2n) is 8.57. The fourth-order valence-corrected chi connectivity index (χ4v) is 5.44. The number of hydrogen-bond donors (Lipinski definition) is 1. The van der Waals surface area contributed by atoms with Gasteiger partial charge in [-0.05, 0) is 67.1 Å². The first-order valence-corrected chi connectivity index (χ1v) is 12.8. The maximum Gasteiger partial charge on any atom is 0.337 e. The maximum absolute atomic E-state index is 13.5. The van der Waals surface area contributed by atoms with E-state index in [2.05, 4.69) is 4.98 Å². The van der Waals surface area contributed by atoms with E-state index in [0.717, 1.165) is 4.70 Å². The molecule has 0 bridgehead atoms. The molecule has 2 heterocycles. The molecular formula is C29H24N2O7S. The molecule has 9 nitrogen and oxygen atoms in total. The van der Waals surface area contributed by atoms with Crippen LogP contribution in [0.5, 0.6) is 11.5 Å². The quantitative estimate of drug-likeness (QED) is 0.148. The fraction of sp³-hybridized carbons (Fsp3) is 0.172. The number of fused-ring (bicyclic) bond motifs is 1. The Labute approximate surface area is 227 Å². The minimum Gasteiger partial charge on any atom is -0.507 e. The number of methoxy groups -OCH3 is 2. The molecule has 3 aromatic carbocycles. The number of esters is 1. The summed E-state index contributed by atoms with van der Waals surface area (Å²) in [5.74, 6) is -1.29. The summed E-state index contributed by atoms with van der Waals surface area (Å²) in [6.07, 6.45) is 0. The van der Waals surface area contributed by atoms with Crippen LogP contribution in [-0.4, -0.2) is 48.6 Å². The van der Waals surface area contributed by atoms with Gasteiger partial charge in [0.2, 0.25) is 0 Å². The zero-order valence-electron chi connectivity index (χ0n) is 21.3. The van der Waals surface area contributed by atoms with Gasteiger partial charge < -0.3 is 19.3 Å². The van der Waals surface area contributed by atoms with Crippen LogP contribution in [0.4, 0.5) is 5.13 Å². The van der Waals surface area contributed by atoms with E-state index in [-0.39, 0.29) is 16.5 Å². The molecule has 1 aromatic heterocycles. The molecule has 0 spiro atoms.